The average molecular weight is 292 g/mol. The van der Waals surface area contributed by atoms with E-state index in [0.29, 0.717) is 21.9 Å². The van der Waals surface area contributed by atoms with Crippen molar-refractivity contribution in [2.45, 2.75) is 6.92 Å². The third-order valence-corrected chi connectivity index (χ3v) is 3.30. The van der Waals surface area contributed by atoms with Gasteiger partial charge in [-0.05, 0) is 30.6 Å². The maximum Gasteiger partial charge on any atom is 0.285 e. The van der Waals surface area contributed by atoms with Crippen LogP contribution in [0, 0.1) is 6.92 Å². The minimum absolute atomic E-state index is 0.0383. The van der Waals surface area contributed by atoms with E-state index < -0.39 is 5.91 Å². The Kier molecular flexibility index (Phi) is 4.26. The van der Waals surface area contributed by atoms with Gasteiger partial charge >= 0.3 is 0 Å². The van der Waals surface area contributed by atoms with Crippen LogP contribution in [-0.4, -0.2) is 33.9 Å². The van der Waals surface area contributed by atoms with Gasteiger partial charge in [-0.2, -0.15) is 5.10 Å². The van der Waals surface area contributed by atoms with Gasteiger partial charge in [-0.1, -0.05) is 10.6 Å². The lowest BCUT2D eigenvalue weighted by atomic mass is 10.2. The number of rotatable bonds is 4. The van der Waals surface area contributed by atoms with E-state index >= 15 is 0 Å². The fourth-order valence-corrected chi connectivity index (χ4v) is 2.01. The molecule has 0 fully saturated rings. The van der Waals surface area contributed by atoms with Crippen molar-refractivity contribution in [1.82, 2.24) is 15.0 Å². The number of aromatic nitrogens is 2. The van der Waals surface area contributed by atoms with Gasteiger partial charge < -0.3 is 9.84 Å². The number of aromatic hydroxyl groups is 1. The SMILES string of the molecule is COc1cccc(/C=N/NC(=O)c2snnc2C)c1O. The first-order chi connectivity index (χ1) is 9.63. The number of hydrogen-bond acceptors (Lipinski definition) is 7. The second kappa shape index (κ2) is 6.11. The lowest BCUT2D eigenvalue weighted by Gasteiger charge is -2.04. The van der Waals surface area contributed by atoms with Crippen LogP contribution in [-0.2, 0) is 0 Å². The third-order valence-electron chi connectivity index (χ3n) is 2.48. The molecule has 1 aromatic heterocycles. The molecular weight excluding hydrogens is 280 g/mol. The Balaban J connectivity index is 2.08. The van der Waals surface area contributed by atoms with Gasteiger partial charge in [-0.15, -0.1) is 5.10 Å². The van der Waals surface area contributed by atoms with Gasteiger partial charge in [0, 0.05) is 5.56 Å². The van der Waals surface area contributed by atoms with Crippen LogP contribution < -0.4 is 10.2 Å². The van der Waals surface area contributed by atoms with Crippen LogP contribution in [0.1, 0.15) is 20.9 Å². The highest BCUT2D eigenvalue weighted by Crippen LogP contribution is 2.27. The zero-order valence-electron chi connectivity index (χ0n) is 10.8. The molecule has 2 rings (SSSR count). The highest BCUT2D eigenvalue weighted by atomic mass is 32.1. The van der Waals surface area contributed by atoms with Crippen molar-refractivity contribution in [3.05, 3.63) is 34.3 Å². The van der Waals surface area contributed by atoms with Crippen LogP contribution in [0.2, 0.25) is 0 Å². The Morgan fingerprint density at radius 1 is 1.55 bits per heavy atom. The number of ether oxygens (including phenoxy) is 1. The number of phenols is 1. The Morgan fingerprint density at radius 3 is 3.00 bits per heavy atom. The van der Waals surface area contributed by atoms with Crippen LogP contribution in [0.3, 0.4) is 0 Å². The monoisotopic (exact) mass is 292 g/mol. The van der Waals surface area contributed by atoms with E-state index in [9.17, 15) is 9.90 Å². The first-order valence-corrected chi connectivity index (χ1v) is 6.39. The Morgan fingerprint density at radius 2 is 2.35 bits per heavy atom. The average Bonchev–Trinajstić information content (AvgIpc) is 2.87. The predicted octanol–water partition coefficient (Wildman–Crippen LogP) is 1.32. The molecule has 0 spiro atoms. The summed E-state index contributed by atoms with van der Waals surface area (Å²) in [6.45, 7) is 1.69. The second-order valence-corrected chi connectivity index (χ2v) is 4.54. The molecule has 0 bridgehead atoms. The summed E-state index contributed by atoms with van der Waals surface area (Å²) in [5.74, 6) is -0.0949. The van der Waals surface area contributed by atoms with Crippen molar-refractivity contribution < 1.29 is 14.6 Å². The van der Waals surface area contributed by atoms with Crippen LogP contribution in [0.4, 0.5) is 0 Å². The van der Waals surface area contributed by atoms with Gasteiger partial charge in [0.1, 0.15) is 4.88 Å². The number of nitrogens with zero attached hydrogens (tertiary/aromatic N) is 3. The maximum atomic E-state index is 11.7. The molecule has 0 atom stereocenters. The minimum atomic E-state index is -0.392. The molecule has 7 nitrogen and oxygen atoms in total. The molecule has 1 amide bonds. The first-order valence-electron chi connectivity index (χ1n) is 5.61. The van der Waals surface area contributed by atoms with Crippen molar-refractivity contribution in [2.24, 2.45) is 5.10 Å². The fourth-order valence-electron chi connectivity index (χ4n) is 1.46. The topological polar surface area (TPSA) is 96.7 Å². The van der Waals surface area contributed by atoms with E-state index in [2.05, 4.69) is 20.1 Å². The second-order valence-electron chi connectivity index (χ2n) is 3.78. The van der Waals surface area contributed by atoms with E-state index in [1.165, 1.54) is 13.3 Å². The number of carbonyl (C=O) groups excluding carboxylic acids is 1. The molecule has 2 aromatic rings. The summed E-state index contributed by atoms with van der Waals surface area (Å²) in [7, 11) is 1.46. The highest BCUT2D eigenvalue weighted by molar-refractivity contribution is 7.07. The van der Waals surface area contributed by atoms with Crippen LogP contribution in [0.5, 0.6) is 11.5 Å². The quantitative estimate of drug-likeness (QED) is 0.654. The van der Waals surface area contributed by atoms with E-state index in [0.717, 1.165) is 11.5 Å². The van der Waals surface area contributed by atoms with Crippen molar-refractivity contribution in [3.8, 4) is 11.5 Å². The molecular formula is C12H12N4O3S. The summed E-state index contributed by atoms with van der Waals surface area (Å²) in [5.41, 5.74) is 3.33. The maximum absolute atomic E-state index is 11.7. The van der Waals surface area contributed by atoms with Crippen molar-refractivity contribution in [1.29, 1.82) is 0 Å². The number of amides is 1. The van der Waals surface area contributed by atoms with Gasteiger partial charge in [0.05, 0.1) is 19.0 Å². The number of hydrazone groups is 1. The molecule has 0 aliphatic rings. The summed E-state index contributed by atoms with van der Waals surface area (Å²) < 4.78 is 8.64. The first kappa shape index (κ1) is 13.9. The number of para-hydroxylation sites is 1. The van der Waals surface area contributed by atoms with Crippen LogP contribution >= 0.6 is 11.5 Å². The number of aryl methyl sites for hydroxylation is 1. The van der Waals surface area contributed by atoms with Crippen LogP contribution in [0.25, 0.3) is 0 Å². The summed E-state index contributed by atoms with van der Waals surface area (Å²) in [5, 5.41) is 17.4. The molecule has 0 aliphatic heterocycles. The van der Waals surface area contributed by atoms with Crippen molar-refractivity contribution in [3.63, 3.8) is 0 Å². The Labute approximate surface area is 119 Å². The third kappa shape index (κ3) is 2.91. The van der Waals surface area contributed by atoms with Crippen molar-refractivity contribution >= 4 is 23.7 Å². The molecule has 104 valence electrons. The van der Waals surface area contributed by atoms with Gasteiger partial charge in [0.15, 0.2) is 11.5 Å². The predicted molar refractivity (Wildman–Crippen MR) is 74.4 cm³/mol. The molecule has 0 radical (unpaired) electrons. The smallest absolute Gasteiger partial charge is 0.285 e. The molecule has 0 saturated carbocycles. The Hall–Kier alpha value is -2.48. The molecule has 20 heavy (non-hydrogen) atoms. The zero-order chi connectivity index (χ0) is 14.5. The summed E-state index contributed by atoms with van der Waals surface area (Å²) in [6.07, 6.45) is 1.33. The number of benzene rings is 1. The van der Waals surface area contributed by atoms with E-state index in [4.69, 9.17) is 4.74 Å². The normalized spacial score (nSPS) is 10.7. The van der Waals surface area contributed by atoms with E-state index in [1.54, 1.807) is 25.1 Å². The standard InChI is InChI=1S/C12H12N4O3S/c1-7-11(20-16-14-7)12(18)15-13-6-8-4-3-5-9(19-2)10(8)17/h3-6,17H,1-2H3,(H,15,18)/b13-6+. The van der Waals surface area contributed by atoms with Gasteiger partial charge in [-0.3, -0.25) is 4.79 Å². The Bertz CT molecular complexity index is 654. The summed E-state index contributed by atoms with van der Waals surface area (Å²) in [6, 6.07) is 4.98. The molecule has 8 heteroatoms. The molecule has 0 saturated heterocycles. The van der Waals surface area contributed by atoms with E-state index in [-0.39, 0.29) is 5.75 Å². The number of hydrogen-bond donors (Lipinski definition) is 2. The fraction of sp³-hybridized carbons (Fsp3) is 0.167. The molecule has 1 aromatic carbocycles. The minimum Gasteiger partial charge on any atom is -0.504 e. The number of phenolic OH excluding ortho intramolecular Hbond substituents is 1. The number of carbonyl (C=O) groups is 1. The molecule has 0 aliphatic carbocycles. The van der Waals surface area contributed by atoms with Gasteiger partial charge in [0.25, 0.3) is 5.91 Å². The lowest BCUT2D eigenvalue weighted by molar-refractivity contribution is 0.0958. The summed E-state index contributed by atoms with van der Waals surface area (Å²) >= 11 is 0.997. The molecule has 2 N–H and O–H groups in total. The summed E-state index contributed by atoms with van der Waals surface area (Å²) in [4.78, 5) is 12.1. The zero-order valence-corrected chi connectivity index (χ0v) is 11.6. The van der Waals surface area contributed by atoms with Crippen molar-refractivity contribution in [2.75, 3.05) is 7.11 Å². The lowest BCUT2D eigenvalue weighted by Crippen LogP contribution is -2.17. The number of methoxy groups -OCH3 is 1. The molecule has 0 unspecified atom stereocenters. The van der Waals surface area contributed by atoms with E-state index in [1.807, 2.05) is 0 Å². The van der Waals surface area contributed by atoms with Crippen LogP contribution in [0.15, 0.2) is 23.3 Å². The largest absolute Gasteiger partial charge is 0.504 e. The van der Waals surface area contributed by atoms with Gasteiger partial charge in [0.2, 0.25) is 0 Å². The highest BCUT2D eigenvalue weighted by Gasteiger charge is 2.12. The van der Waals surface area contributed by atoms with Gasteiger partial charge in [-0.25, -0.2) is 5.43 Å². The number of nitrogens with one attached hydrogen (secondary N) is 1. The molecule has 1 heterocycles.